The molecule has 0 aliphatic rings. The number of carbonyl (C=O) groups excluding carboxylic acids is 2. The first-order valence-corrected chi connectivity index (χ1v) is 5.19. The summed E-state index contributed by atoms with van der Waals surface area (Å²) in [6.45, 7) is 5.63. The van der Waals surface area contributed by atoms with Crippen molar-refractivity contribution in [2.24, 2.45) is 5.73 Å². The zero-order valence-corrected chi connectivity index (χ0v) is 10.3. The van der Waals surface area contributed by atoms with Crippen molar-refractivity contribution >= 4 is 17.9 Å². The predicted octanol–water partition coefficient (Wildman–Crippen LogP) is -0.243. The van der Waals surface area contributed by atoms with Crippen molar-refractivity contribution in [1.82, 2.24) is 10.2 Å². The molecule has 98 valence electrons. The Balaban J connectivity index is 4.31. The van der Waals surface area contributed by atoms with Gasteiger partial charge in [0.15, 0.2) is 0 Å². The van der Waals surface area contributed by atoms with E-state index in [9.17, 15) is 14.4 Å². The second-order valence-electron chi connectivity index (χ2n) is 4.65. The Morgan fingerprint density at radius 3 is 2.18 bits per heavy atom. The SMILES string of the molecule is CC(C)(C)N(CCC(=O)NC(N)=O)CC(=O)O. The van der Waals surface area contributed by atoms with E-state index in [1.54, 1.807) is 4.90 Å². The van der Waals surface area contributed by atoms with Gasteiger partial charge in [-0.05, 0) is 20.8 Å². The Labute approximate surface area is 100.0 Å². The molecule has 0 aromatic heterocycles. The van der Waals surface area contributed by atoms with E-state index in [-0.39, 0.29) is 25.0 Å². The molecule has 0 bridgehead atoms. The summed E-state index contributed by atoms with van der Waals surface area (Å²) in [6.07, 6.45) is 0.0213. The zero-order valence-electron chi connectivity index (χ0n) is 10.3. The van der Waals surface area contributed by atoms with Gasteiger partial charge in [0.1, 0.15) is 0 Å². The molecule has 0 aliphatic heterocycles. The molecule has 0 fully saturated rings. The Kier molecular flexibility index (Phi) is 5.60. The Morgan fingerprint density at radius 1 is 1.29 bits per heavy atom. The van der Waals surface area contributed by atoms with Crippen LogP contribution in [0.4, 0.5) is 4.79 Å². The number of hydrogen-bond acceptors (Lipinski definition) is 4. The van der Waals surface area contributed by atoms with Crippen LogP contribution >= 0.6 is 0 Å². The largest absolute Gasteiger partial charge is 0.480 e. The van der Waals surface area contributed by atoms with Crippen LogP contribution in [0.1, 0.15) is 27.2 Å². The van der Waals surface area contributed by atoms with Crippen LogP contribution in [0.2, 0.25) is 0 Å². The third-order valence-electron chi connectivity index (χ3n) is 2.15. The number of nitrogens with zero attached hydrogens (tertiary/aromatic N) is 1. The lowest BCUT2D eigenvalue weighted by Crippen LogP contribution is -2.46. The number of carboxylic acids is 1. The molecule has 3 amide bonds. The van der Waals surface area contributed by atoms with Crippen LogP contribution in [0.15, 0.2) is 0 Å². The minimum atomic E-state index is -0.963. The molecule has 0 aromatic rings. The van der Waals surface area contributed by atoms with Crippen molar-refractivity contribution in [3.05, 3.63) is 0 Å². The number of hydrogen-bond donors (Lipinski definition) is 3. The van der Waals surface area contributed by atoms with Crippen LogP contribution < -0.4 is 11.1 Å². The molecule has 4 N–H and O–H groups in total. The van der Waals surface area contributed by atoms with Gasteiger partial charge in [-0.2, -0.15) is 0 Å². The van der Waals surface area contributed by atoms with Crippen LogP contribution in [-0.4, -0.2) is 46.5 Å². The van der Waals surface area contributed by atoms with Crippen LogP contribution in [0.25, 0.3) is 0 Å². The van der Waals surface area contributed by atoms with Gasteiger partial charge in [-0.1, -0.05) is 0 Å². The van der Waals surface area contributed by atoms with E-state index in [4.69, 9.17) is 10.8 Å². The van der Waals surface area contributed by atoms with Gasteiger partial charge in [-0.15, -0.1) is 0 Å². The van der Waals surface area contributed by atoms with Gasteiger partial charge >= 0.3 is 12.0 Å². The fraction of sp³-hybridized carbons (Fsp3) is 0.700. The van der Waals surface area contributed by atoms with Crippen molar-refractivity contribution in [1.29, 1.82) is 0 Å². The predicted molar refractivity (Wildman–Crippen MR) is 61.3 cm³/mol. The minimum absolute atomic E-state index is 0.0213. The molecule has 0 radical (unpaired) electrons. The standard InChI is InChI=1S/C10H19N3O4/c1-10(2,3)13(6-8(15)16)5-4-7(14)12-9(11)17/h4-6H2,1-3H3,(H,15,16)(H3,11,12,14,17). The van der Waals surface area contributed by atoms with E-state index < -0.39 is 17.9 Å². The number of imide groups is 1. The van der Waals surface area contributed by atoms with Gasteiger partial charge in [0.25, 0.3) is 0 Å². The van der Waals surface area contributed by atoms with Crippen LogP contribution in [0.5, 0.6) is 0 Å². The monoisotopic (exact) mass is 245 g/mol. The number of urea groups is 1. The lowest BCUT2D eigenvalue weighted by molar-refractivity contribution is -0.140. The summed E-state index contributed by atoms with van der Waals surface area (Å²) in [5.41, 5.74) is 4.42. The van der Waals surface area contributed by atoms with Gasteiger partial charge in [0.05, 0.1) is 6.54 Å². The zero-order chi connectivity index (χ0) is 13.6. The number of primary amides is 1. The molecule has 0 aliphatic carbocycles. The van der Waals surface area contributed by atoms with Crippen molar-refractivity contribution in [3.63, 3.8) is 0 Å². The number of carbonyl (C=O) groups is 3. The maximum Gasteiger partial charge on any atom is 0.318 e. The average Bonchev–Trinajstić information content (AvgIpc) is 2.08. The maximum atomic E-state index is 11.2. The highest BCUT2D eigenvalue weighted by Crippen LogP contribution is 2.12. The molecular weight excluding hydrogens is 226 g/mol. The second-order valence-corrected chi connectivity index (χ2v) is 4.65. The lowest BCUT2D eigenvalue weighted by atomic mass is 10.1. The van der Waals surface area contributed by atoms with Crippen molar-refractivity contribution in [2.45, 2.75) is 32.7 Å². The summed E-state index contributed by atoms with van der Waals surface area (Å²) in [7, 11) is 0. The molecule has 0 rings (SSSR count). The van der Waals surface area contributed by atoms with Gasteiger partial charge in [-0.25, -0.2) is 4.79 Å². The van der Waals surface area contributed by atoms with E-state index in [1.165, 1.54) is 0 Å². The summed E-state index contributed by atoms with van der Waals surface area (Å²) in [5.74, 6) is -1.48. The highest BCUT2D eigenvalue weighted by atomic mass is 16.4. The van der Waals surface area contributed by atoms with E-state index in [0.29, 0.717) is 0 Å². The molecule has 0 saturated carbocycles. The van der Waals surface area contributed by atoms with Gasteiger partial charge in [0, 0.05) is 18.5 Å². The number of nitrogens with one attached hydrogen (secondary N) is 1. The Hall–Kier alpha value is -1.63. The summed E-state index contributed by atoms with van der Waals surface area (Å²) in [5, 5.41) is 10.7. The molecule has 0 aromatic carbocycles. The Bertz CT molecular complexity index is 309. The molecule has 0 spiro atoms. The van der Waals surface area contributed by atoms with Gasteiger partial charge in [-0.3, -0.25) is 19.8 Å². The van der Waals surface area contributed by atoms with Crippen LogP contribution in [0, 0.1) is 0 Å². The first-order chi connectivity index (χ1) is 7.62. The van der Waals surface area contributed by atoms with Gasteiger partial charge in [0.2, 0.25) is 5.91 Å². The first-order valence-electron chi connectivity index (χ1n) is 5.19. The maximum absolute atomic E-state index is 11.2. The van der Waals surface area contributed by atoms with Crippen LogP contribution in [-0.2, 0) is 9.59 Å². The van der Waals surface area contributed by atoms with Gasteiger partial charge < -0.3 is 10.8 Å². The summed E-state index contributed by atoms with van der Waals surface area (Å²) >= 11 is 0. The second kappa shape index (κ2) is 6.19. The fourth-order valence-corrected chi connectivity index (χ4v) is 1.25. The topological polar surface area (TPSA) is 113 Å². The number of rotatable bonds is 5. The molecule has 17 heavy (non-hydrogen) atoms. The quantitative estimate of drug-likeness (QED) is 0.618. The average molecular weight is 245 g/mol. The normalized spacial score (nSPS) is 11.3. The molecule has 0 heterocycles. The highest BCUT2D eigenvalue weighted by molar-refractivity contribution is 5.93. The fourth-order valence-electron chi connectivity index (χ4n) is 1.25. The van der Waals surface area contributed by atoms with Crippen molar-refractivity contribution < 1.29 is 19.5 Å². The van der Waals surface area contributed by atoms with E-state index >= 15 is 0 Å². The first kappa shape index (κ1) is 15.4. The minimum Gasteiger partial charge on any atom is -0.480 e. The molecule has 0 saturated heterocycles. The van der Waals surface area contributed by atoms with Crippen molar-refractivity contribution in [3.8, 4) is 0 Å². The lowest BCUT2D eigenvalue weighted by Gasteiger charge is -2.34. The Morgan fingerprint density at radius 2 is 1.82 bits per heavy atom. The summed E-state index contributed by atoms with van der Waals surface area (Å²) in [6, 6.07) is -0.907. The summed E-state index contributed by atoms with van der Waals surface area (Å²) < 4.78 is 0. The highest BCUT2D eigenvalue weighted by Gasteiger charge is 2.23. The molecular formula is C10H19N3O4. The van der Waals surface area contributed by atoms with Crippen molar-refractivity contribution in [2.75, 3.05) is 13.1 Å². The van der Waals surface area contributed by atoms with E-state index in [1.807, 2.05) is 26.1 Å². The number of nitrogens with two attached hydrogens (primary N) is 1. The van der Waals surface area contributed by atoms with Crippen LogP contribution in [0.3, 0.4) is 0 Å². The smallest absolute Gasteiger partial charge is 0.318 e. The number of carboxylic acid groups (broad SMARTS) is 1. The summed E-state index contributed by atoms with van der Waals surface area (Å²) in [4.78, 5) is 33.9. The third-order valence-corrected chi connectivity index (χ3v) is 2.15. The third kappa shape index (κ3) is 7.29. The molecule has 0 unspecified atom stereocenters. The number of amides is 3. The van der Waals surface area contributed by atoms with E-state index in [2.05, 4.69) is 0 Å². The molecule has 7 heteroatoms. The van der Waals surface area contributed by atoms with E-state index in [0.717, 1.165) is 0 Å². The molecule has 7 nitrogen and oxygen atoms in total. The number of aliphatic carboxylic acids is 1. The molecule has 0 atom stereocenters.